The van der Waals surface area contributed by atoms with Gasteiger partial charge >= 0.3 is 0 Å². The Morgan fingerprint density at radius 1 is 1.07 bits per heavy atom. The molecule has 1 heteroatoms. The van der Waals surface area contributed by atoms with Crippen molar-refractivity contribution in [2.24, 2.45) is 46.3 Å². The van der Waals surface area contributed by atoms with Crippen LogP contribution in [0.1, 0.15) is 98.8 Å². The number of fused-ring (bicyclic) bond motifs is 5. The fourth-order valence-electron chi connectivity index (χ4n) is 8.17. The van der Waals surface area contributed by atoms with Crippen molar-refractivity contribution in [1.82, 2.24) is 0 Å². The standard InChI is InChI=1S/C28H44O/c1-6-19(2)8-7-9-20(3)24-12-13-25-23-11-10-21-18-22(29)14-16-27(21,4)26(23)15-17-28(24,25)5/h10-11,18-20,23-26H,6-9,12-17H2,1-5H3/t19?,20?,23?,24-,25?,26?,27+,28-/m1/s1. The summed E-state index contributed by atoms with van der Waals surface area (Å²) >= 11 is 0. The Balaban J connectivity index is 1.49. The molecule has 0 aliphatic heterocycles. The van der Waals surface area contributed by atoms with E-state index in [1.807, 2.05) is 6.08 Å². The van der Waals surface area contributed by atoms with Crippen LogP contribution in [-0.4, -0.2) is 5.78 Å². The molecule has 29 heavy (non-hydrogen) atoms. The van der Waals surface area contributed by atoms with Crippen LogP contribution in [-0.2, 0) is 4.79 Å². The van der Waals surface area contributed by atoms with Crippen molar-refractivity contribution in [3.8, 4) is 0 Å². The average Bonchev–Trinajstić information content (AvgIpc) is 3.05. The monoisotopic (exact) mass is 396 g/mol. The van der Waals surface area contributed by atoms with Gasteiger partial charge in [0.05, 0.1) is 0 Å². The summed E-state index contributed by atoms with van der Waals surface area (Å²) in [5.41, 5.74) is 2.12. The van der Waals surface area contributed by atoms with E-state index in [0.717, 1.165) is 48.3 Å². The van der Waals surface area contributed by atoms with Crippen LogP contribution in [0.3, 0.4) is 0 Å². The molecule has 0 heterocycles. The summed E-state index contributed by atoms with van der Waals surface area (Å²) in [4.78, 5) is 12.0. The number of ketones is 1. The van der Waals surface area contributed by atoms with E-state index in [0.29, 0.717) is 11.2 Å². The predicted octanol–water partition coefficient (Wildman–Crippen LogP) is 7.76. The van der Waals surface area contributed by atoms with Crippen molar-refractivity contribution >= 4 is 5.78 Å². The summed E-state index contributed by atoms with van der Waals surface area (Å²) in [6, 6.07) is 0. The Bertz CT molecular complexity index is 686. The van der Waals surface area contributed by atoms with E-state index in [-0.39, 0.29) is 5.41 Å². The largest absolute Gasteiger partial charge is 0.295 e. The molecule has 0 bridgehead atoms. The van der Waals surface area contributed by atoms with Gasteiger partial charge in [-0.15, -0.1) is 0 Å². The Kier molecular flexibility index (Phi) is 5.91. The van der Waals surface area contributed by atoms with Crippen LogP contribution in [0, 0.1) is 46.3 Å². The molecule has 4 aliphatic carbocycles. The van der Waals surface area contributed by atoms with E-state index in [4.69, 9.17) is 0 Å². The number of carbonyl (C=O) groups excluding carboxylic acids is 1. The highest BCUT2D eigenvalue weighted by Gasteiger charge is 2.58. The van der Waals surface area contributed by atoms with Crippen LogP contribution in [0.5, 0.6) is 0 Å². The van der Waals surface area contributed by atoms with Crippen LogP contribution in [0.4, 0.5) is 0 Å². The second kappa shape index (κ2) is 8.01. The van der Waals surface area contributed by atoms with E-state index >= 15 is 0 Å². The molecule has 8 atom stereocenters. The van der Waals surface area contributed by atoms with Crippen molar-refractivity contribution in [1.29, 1.82) is 0 Å². The highest BCUT2D eigenvalue weighted by molar-refractivity contribution is 5.92. The van der Waals surface area contributed by atoms with Gasteiger partial charge in [-0.05, 0) is 90.1 Å². The molecular weight excluding hydrogens is 352 g/mol. The zero-order valence-electron chi connectivity index (χ0n) is 19.7. The summed E-state index contributed by atoms with van der Waals surface area (Å²) < 4.78 is 0. The zero-order valence-corrected chi connectivity index (χ0v) is 19.7. The van der Waals surface area contributed by atoms with Gasteiger partial charge in [0.2, 0.25) is 0 Å². The van der Waals surface area contributed by atoms with E-state index in [1.54, 1.807) is 0 Å². The first-order chi connectivity index (χ1) is 13.8. The van der Waals surface area contributed by atoms with Gasteiger partial charge in [0.25, 0.3) is 0 Å². The number of hydrogen-bond donors (Lipinski definition) is 0. The van der Waals surface area contributed by atoms with Crippen LogP contribution in [0.25, 0.3) is 0 Å². The minimum atomic E-state index is 0.245. The number of rotatable bonds is 6. The molecule has 2 fully saturated rings. The lowest BCUT2D eigenvalue weighted by molar-refractivity contribution is -0.116. The summed E-state index contributed by atoms with van der Waals surface area (Å²) in [5.74, 6) is 5.37. The van der Waals surface area contributed by atoms with E-state index in [1.165, 1.54) is 56.9 Å². The maximum absolute atomic E-state index is 12.0. The molecule has 5 unspecified atom stereocenters. The van der Waals surface area contributed by atoms with Gasteiger partial charge in [0, 0.05) is 6.42 Å². The molecule has 0 N–H and O–H groups in total. The fraction of sp³-hybridized carbons (Fsp3) is 0.821. The second-order valence-electron chi connectivity index (χ2n) is 11.8. The molecule has 0 saturated heterocycles. The van der Waals surface area contributed by atoms with Crippen molar-refractivity contribution in [2.75, 3.05) is 0 Å². The van der Waals surface area contributed by atoms with Crippen LogP contribution >= 0.6 is 0 Å². The first kappa shape index (κ1) is 21.4. The summed E-state index contributed by atoms with van der Waals surface area (Å²) in [5, 5.41) is 0. The Labute approximate surface area is 179 Å². The fourth-order valence-corrected chi connectivity index (χ4v) is 8.17. The third kappa shape index (κ3) is 3.59. The van der Waals surface area contributed by atoms with Gasteiger partial charge < -0.3 is 0 Å². The van der Waals surface area contributed by atoms with Crippen molar-refractivity contribution in [3.63, 3.8) is 0 Å². The predicted molar refractivity (Wildman–Crippen MR) is 123 cm³/mol. The van der Waals surface area contributed by atoms with Crippen LogP contribution in [0.2, 0.25) is 0 Å². The lowest BCUT2D eigenvalue weighted by Gasteiger charge is -2.56. The second-order valence-corrected chi connectivity index (χ2v) is 11.8. The van der Waals surface area contributed by atoms with Crippen molar-refractivity contribution in [2.45, 2.75) is 98.8 Å². The third-order valence-electron chi connectivity index (χ3n) is 10.3. The van der Waals surface area contributed by atoms with Gasteiger partial charge in [0.1, 0.15) is 0 Å². The Hall–Kier alpha value is -0.850. The molecule has 0 amide bonds. The highest BCUT2D eigenvalue weighted by atomic mass is 16.1. The molecule has 0 aromatic heterocycles. The number of carbonyl (C=O) groups is 1. The molecule has 4 aliphatic rings. The average molecular weight is 397 g/mol. The molecule has 162 valence electrons. The summed E-state index contributed by atoms with van der Waals surface area (Å²) in [7, 11) is 0. The molecular formula is C28H44O. The first-order valence-electron chi connectivity index (χ1n) is 12.7. The lowest BCUT2D eigenvalue weighted by atomic mass is 9.48. The molecule has 0 aromatic rings. The maximum atomic E-state index is 12.0. The topological polar surface area (TPSA) is 17.1 Å². The number of allylic oxidation sites excluding steroid dienone is 4. The highest BCUT2D eigenvalue weighted by Crippen LogP contribution is 2.66. The van der Waals surface area contributed by atoms with E-state index in [9.17, 15) is 4.79 Å². The van der Waals surface area contributed by atoms with Gasteiger partial charge in [-0.2, -0.15) is 0 Å². The lowest BCUT2D eigenvalue weighted by Crippen LogP contribution is -2.49. The zero-order chi connectivity index (χ0) is 20.8. The minimum Gasteiger partial charge on any atom is -0.295 e. The van der Waals surface area contributed by atoms with Gasteiger partial charge in [-0.3, -0.25) is 4.79 Å². The smallest absolute Gasteiger partial charge is 0.156 e. The minimum absolute atomic E-state index is 0.245. The van der Waals surface area contributed by atoms with E-state index < -0.39 is 0 Å². The quantitative estimate of drug-likeness (QED) is 0.448. The normalized spacial score (nSPS) is 43.2. The molecule has 0 radical (unpaired) electrons. The van der Waals surface area contributed by atoms with Gasteiger partial charge in [-0.25, -0.2) is 0 Å². The molecule has 0 spiro atoms. The Morgan fingerprint density at radius 3 is 2.62 bits per heavy atom. The SMILES string of the molecule is CCC(C)CCCC(C)[C@H]1CCC2C3C=CC4=CC(=O)CC[C@]4(C)C3CC[C@@]21C. The van der Waals surface area contributed by atoms with Crippen LogP contribution in [0.15, 0.2) is 23.8 Å². The molecule has 1 nitrogen and oxygen atoms in total. The number of hydrogen-bond acceptors (Lipinski definition) is 1. The molecule has 2 saturated carbocycles. The van der Waals surface area contributed by atoms with E-state index in [2.05, 4.69) is 46.8 Å². The van der Waals surface area contributed by atoms with Crippen LogP contribution < -0.4 is 0 Å². The third-order valence-corrected chi connectivity index (χ3v) is 10.3. The first-order valence-corrected chi connectivity index (χ1v) is 12.7. The Morgan fingerprint density at radius 2 is 1.86 bits per heavy atom. The van der Waals surface area contributed by atoms with Gasteiger partial charge in [0.15, 0.2) is 5.78 Å². The molecule has 0 aromatic carbocycles. The molecule has 4 rings (SSSR count). The summed E-state index contributed by atoms with van der Waals surface area (Å²) in [6.45, 7) is 12.4. The van der Waals surface area contributed by atoms with Gasteiger partial charge in [-0.1, -0.05) is 72.5 Å². The maximum Gasteiger partial charge on any atom is 0.156 e. The van der Waals surface area contributed by atoms with Crippen molar-refractivity contribution < 1.29 is 4.79 Å². The summed E-state index contributed by atoms with van der Waals surface area (Å²) in [6.07, 6.45) is 19.9. The van der Waals surface area contributed by atoms with Crippen molar-refractivity contribution in [3.05, 3.63) is 23.8 Å².